The minimum absolute atomic E-state index is 0.275. The summed E-state index contributed by atoms with van der Waals surface area (Å²) >= 11 is 5.24. The van der Waals surface area contributed by atoms with E-state index in [4.69, 9.17) is 9.47 Å². The highest BCUT2D eigenvalue weighted by atomic mass is 127. The summed E-state index contributed by atoms with van der Waals surface area (Å²) in [7, 11) is 0. The van der Waals surface area contributed by atoms with Crippen LogP contribution in [0.15, 0.2) is 71.6 Å². The Morgan fingerprint density at radius 1 is 1.00 bits per heavy atom. The van der Waals surface area contributed by atoms with Gasteiger partial charge in [-0.3, -0.25) is 19.3 Å². The topological polar surface area (TPSA) is 88.2 Å². The van der Waals surface area contributed by atoms with Crippen molar-refractivity contribution in [1.29, 1.82) is 0 Å². The number of halogens is 2. The van der Waals surface area contributed by atoms with Gasteiger partial charge in [-0.1, -0.05) is 30.3 Å². The van der Waals surface area contributed by atoms with Crippen molar-refractivity contribution in [2.75, 3.05) is 43.1 Å². The van der Waals surface area contributed by atoms with Crippen molar-refractivity contribution in [3.8, 4) is 5.75 Å². The van der Waals surface area contributed by atoms with E-state index >= 15 is 0 Å². The first-order chi connectivity index (χ1) is 19.4. The highest BCUT2D eigenvalue weighted by Gasteiger charge is 2.36. The maximum absolute atomic E-state index is 13.0. The molecular weight excluding hydrogens is 756 g/mol. The van der Waals surface area contributed by atoms with Crippen molar-refractivity contribution in [3.05, 3.63) is 89.9 Å². The van der Waals surface area contributed by atoms with Crippen LogP contribution >= 0.6 is 56.9 Å². The molecule has 0 saturated carbocycles. The van der Waals surface area contributed by atoms with E-state index in [0.29, 0.717) is 25.5 Å². The zero-order valence-corrected chi connectivity index (χ0v) is 26.4. The number of carbonyl (C=O) groups is 3. The Labute approximate surface area is 263 Å². The van der Waals surface area contributed by atoms with Crippen LogP contribution in [0.25, 0.3) is 6.08 Å². The van der Waals surface area contributed by atoms with E-state index in [0.717, 1.165) is 59.5 Å². The van der Waals surface area contributed by atoms with Gasteiger partial charge >= 0.3 is 0 Å². The van der Waals surface area contributed by atoms with Crippen LogP contribution in [0.4, 0.5) is 16.2 Å². The number of hydrogen-bond donors (Lipinski definition) is 1. The molecule has 2 fully saturated rings. The van der Waals surface area contributed by atoms with Crippen LogP contribution in [0, 0.1) is 7.14 Å². The lowest BCUT2D eigenvalue weighted by molar-refractivity contribution is -0.127. The first-order valence-electron chi connectivity index (χ1n) is 12.5. The van der Waals surface area contributed by atoms with Crippen molar-refractivity contribution >= 4 is 91.4 Å². The molecular formula is C29H25I2N3O5S. The Bertz CT molecular complexity index is 1420. The molecule has 0 radical (unpaired) electrons. The molecule has 11 heteroatoms. The van der Waals surface area contributed by atoms with Crippen LogP contribution in [-0.4, -0.2) is 54.8 Å². The first kappa shape index (κ1) is 28.9. The molecule has 3 aromatic carbocycles. The molecule has 3 aromatic rings. The highest BCUT2D eigenvalue weighted by Crippen LogP contribution is 2.35. The third kappa shape index (κ3) is 7.17. The number of rotatable bonds is 8. The number of morpholine rings is 1. The van der Waals surface area contributed by atoms with Gasteiger partial charge in [0.25, 0.3) is 11.1 Å². The number of ether oxygens (including phenoxy) is 2. The molecule has 206 valence electrons. The van der Waals surface area contributed by atoms with Gasteiger partial charge in [-0.2, -0.15) is 0 Å². The van der Waals surface area contributed by atoms with E-state index < -0.39 is 17.1 Å². The molecule has 0 aliphatic carbocycles. The predicted molar refractivity (Wildman–Crippen MR) is 173 cm³/mol. The van der Waals surface area contributed by atoms with E-state index in [9.17, 15) is 14.4 Å². The number of imide groups is 1. The fraction of sp³-hybridized carbons (Fsp3) is 0.207. The summed E-state index contributed by atoms with van der Waals surface area (Å²) in [5.41, 5.74) is 3.50. The smallest absolute Gasteiger partial charge is 0.294 e. The largest absolute Gasteiger partial charge is 0.487 e. The number of nitrogens with one attached hydrogen (secondary N) is 1. The fourth-order valence-corrected chi connectivity index (χ4v) is 7.21. The van der Waals surface area contributed by atoms with E-state index in [-0.39, 0.29) is 11.4 Å². The molecule has 2 aliphatic rings. The Morgan fingerprint density at radius 2 is 1.68 bits per heavy atom. The molecule has 0 aromatic heterocycles. The summed E-state index contributed by atoms with van der Waals surface area (Å²) in [6.45, 7) is 3.13. The molecule has 2 heterocycles. The lowest BCUT2D eigenvalue weighted by Gasteiger charge is -2.28. The second-order valence-electron chi connectivity index (χ2n) is 9.05. The second-order valence-corrected chi connectivity index (χ2v) is 12.4. The Morgan fingerprint density at radius 3 is 2.35 bits per heavy atom. The molecule has 2 saturated heterocycles. The number of nitrogens with zero attached hydrogens (tertiary/aromatic N) is 2. The third-order valence-corrected chi connectivity index (χ3v) is 8.76. The van der Waals surface area contributed by atoms with E-state index in [1.807, 2.05) is 66.7 Å². The quantitative estimate of drug-likeness (QED) is 0.222. The average molecular weight is 781 g/mol. The van der Waals surface area contributed by atoms with Gasteiger partial charge in [0.15, 0.2) is 0 Å². The zero-order chi connectivity index (χ0) is 28.1. The zero-order valence-electron chi connectivity index (χ0n) is 21.3. The van der Waals surface area contributed by atoms with Crippen molar-refractivity contribution in [2.45, 2.75) is 6.61 Å². The first-order valence-corrected chi connectivity index (χ1v) is 15.5. The van der Waals surface area contributed by atoms with E-state index in [2.05, 4.69) is 55.4 Å². The molecule has 8 nitrogen and oxygen atoms in total. The number of amides is 3. The standard InChI is InChI=1S/C29H25I2N3O5S/c30-23-14-20(15-24(31)27(23)39-18-19-4-2-1-3-5-19)16-25-28(36)34(29(37)40-25)17-26(35)32-21-6-8-22(9-7-21)33-10-12-38-13-11-33/h1-9,14-16H,10-13,17-18H2,(H,32,35)/b25-16+. The van der Waals surface area contributed by atoms with Crippen molar-refractivity contribution in [1.82, 2.24) is 4.90 Å². The lowest BCUT2D eigenvalue weighted by Crippen LogP contribution is -2.36. The molecule has 0 atom stereocenters. The Kier molecular flexibility index (Phi) is 9.65. The summed E-state index contributed by atoms with van der Waals surface area (Å²) in [4.78, 5) is 41.8. The Balaban J connectivity index is 1.20. The number of benzene rings is 3. The van der Waals surface area contributed by atoms with Crippen LogP contribution in [0.5, 0.6) is 5.75 Å². The van der Waals surface area contributed by atoms with Gasteiger partial charge in [-0.15, -0.1) is 0 Å². The summed E-state index contributed by atoms with van der Waals surface area (Å²) in [5.74, 6) is -0.154. The van der Waals surface area contributed by atoms with Gasteiger partial charge in [0.2, 0.25) is 5.91 Å². The maximum atomic E-state index is 13.0. The predicted octanol–water partition coefficient (Wildman–Crippen LogP) is 5.99. The fourth-order valence-electron chi connectivity index (χ4n) is 4.24. The van der Waals surface area contributed by atoms with E-state index in [1.165, 1.54) is 0 Å². The SMILES string of the molecule is O=C(CN1C(=O)S/C(=C/c2cc(I)c(OCc3ccccc3)c(I)c2)C1=O)Nc1ccc(N2CCOCC2)cc1. The maximum Gasteiger partial charge on any atom is 0.294 e. The van der Waals surface area contributed by atoms with Gasteiger partial charge in [-0.25, -0.2) is 0 Å². The van der Waals surface area contributed by atoms with Crippen LogP contribution < -0.4 is 15.0 Å². The summed E-state index contributed by atoms with van der Waals surface area (Å²) in [6.07, 6.45) is 1.68. The average Bonchev–Trinajstić information content (AvgIpc) is 3.21. The van der Waals surface area contributed by atoms with Crippen LogP contribution in [0.1, 0.15) is 11.1 Å². The Hall–Kier alpha value is -2.62. The van der Waals surface area contributed by atoms with Crippen LogP contribution in [0.3, 0.4) is 0 Å². The summed E-state index contributed by atoms with van der Waals surface area (Å²) in [6, 6.07) is 21.2. The van der Waals surface area contributed by atoms with E-state index in [1.54, 1.807) is 6.08 Å². The van der Waals surface area contributed by atoms with Crippen LogP contribution in [-0.2, 0) is 20.9 Å². The molecule has 40 heavy (non-hydrogen) atoms. The number of carbonyl (C=O) groups excluding carboxylic acids is 3. The number of hydrogen-bond acceptors (Lipinski definition) is 7. The lowest BCUT2D eigenvalue weighted by atomic mass is 10.2. The van der Waals surface area contributed by atoms with Gasteiger partial charge in [-0.05, 0) is 111 Å². The normalized spacial score (nSPS) is 16.5. The third-order valence-electron chi connectivity index (χ3n) is 6.25. The molecule has 2 aliphatic heterocycles. The molecule has 5 rings (SSSR count). The molecule has 3 amide bonds. The summed E-state index contributed by atoms with van der Waals surface area (Å²) in [5, 5.41) is 2.31. The number of anilines is 2. The highest BCUT2D eigenvalue weighted by molar-refractivity contribution is 14.1. The van der Waals surface area contributed by atoms with Gasteiger partial charge in [0, 0.05) is 24.5 Å². The molecule has 0 bridgehead atoms. The molecule has 0 spiro atoms. The minimum Gasteiger partial charge on any atom is -0.487 e. The molecule has 0 unspecified atom stereocenters. The van der Waals surface area contributed by atoms with Crippen molar-refractivity contribution < 1.29 is 23.9 Å². The van der Waals surface area contributed by atoms with Crippen molar-refractivity contribution in [3.63, 3.8) is 0 Å². The monoisotopic (exact) mass is 781 g/mol. The number of thioether (sulfide) groups is 1. The van der Waals surface area contributed by atoms with Gasteiger partial charge in [0.05, 0.1) is 25.3 Å². The van der Waals surface area contributed by atoms with Crippen LogP contribution in [0.2, 0.25) is 0 Å². The van der Waals surface area contributed by atoms with Gasteiger partial charge in [0.1, 0.15) is 18.9 Å². The minimum atomic E-state index is -0.484. The second kappa shape index (κ2) is 13.4. The van der Waals surface area contributed by atoms with Gasteiger partial charge < -0.3 is 19.7 Å². The summed E-state index contributed by atoms with van der Waals surface area (Å²) < 4.78 is 13.2. The van der Waals surface area contributed by atoms with Crippen molar-refractivity contribution in [2.24, 2.45) is 0 Å². The molecule has 1 N–H and O–H groups in total.